The van der Waals surface area contributed by atoms with E-state index in [1.165, 1.54) is 21.5 Å². The molecule has 5 aromatic rings. The number of fused-ring (bicyclic) bond motifs is 3. The van der Waals surface area contributed by atoms with Crippen molar-refractivity contribution in [3.8, 4) is 11.5 Å². The van der Waals surface area contributed by atoms with E-state index in [0.717, 1.165) is 0 Å². The Hall–Kier alpha value is -4.84. The highest BCUT2D eigenvalue weighted by Gasteiger charge is 2.50. The molecule has 2 saturated heterocycles. The second-order valence-electron chi connectivity index (χ2n) is 21.5. The van der Waals surface area contributed by atoms with Crippen molar-refractivity contribution >= 4 is 36.7 Å². The first-order chi connectivity index (χ1) is 35.1. The Balaban J connectivity index is 1.25. The van der Waals surface area contributed by atoms with Crippen LogP contribution in [0.4, 0.5) is 0 Å². The van der Waals surface area contributed by atoms with E-state index < -0.39 is 101 Å². The first kappa shape index (κ1) is 56.4. The van der Waals surface area contributed by atoms with Crippen LogP contribution in [0.2, 0.25) is 18.1 Å². The lowest BCUT2D eigenvalue weighted by molar-refractivity contribution is -0.0953. The van der Waals surface area contributed by atoms with E-state index in [2.05, 4.69) is 43.8 Å². The zero-order chi connectivity index (χ0) is 54.5. The van der Waals surface area contributed by atoms with E-state index in [1.54, 1.807) is 78.3 Å². The molecule has 0 amide bonds. The van der Waals surface area contributed by atoms with Crippen molar-refractivity contribution in [2.45, 2.75) is 133 Å². The molecule has 7 atom stereocenters. The molecule has 406 valence electrons. The monoisotopic (exact) mass is 1110 g/mol. The summed E-state index contributed by atoms with van der Waals surface area (Å²) in [6.45, 7) is 12.1. The number of nitrogens with zero attached hydrogens (tertiary/aromatic N) is 2. The van der Waals surface area contributed by atoms with Crippen LogP contribution >= 0.6 is 6.72 Å². The molecular formula is C52H67N4O15PS2Si. The second-order valence-corrected chi connectivity index (χ2v) is 31.2. The smallest absolute Gasteiger partial charge is 0.330 e. The van der Waals surface area contributed by atoms with Gasteiger partial charge in [-0.1, -0.05) is 69.3 Å². The van der Waals surface area contributed by atoms with E-state index >= 15 is 0 Å². The minimum absolute atomic E-state index is 0.0373. The number of sulfone groups is 1. The van der Waals surface area contributed by atoms with Gasteiger partial charge in [-0.15, -0.1) is 0 Å². The number of aromatic amines is 2. The molecule has 0 saturated carbocycles. The summed E-state index contributed by atoms with van der Waals surface area (Å²) in [5.74, 6) is 0.280. The van der Waals surface area contributed by atoms with Gasteiger partial charge < -0.3 is 41.7 Å². The zero-order valence-corrected chi connectivity index (χ0v) is 47.6. The highest BCUT2D eigenvalue weighted by Crippen LogP contribution is 2.57. The fourth-order valence-electron chi connectivity index (χ4n) is 9.49. The molecule has 0 unspecified atom stereocenters. The van der Waals surface area contributed by atoms with Crippen molar-refractivity contribution in [1.82, 2.24) is 19.1 Å². The summed E-state index contributed by atoms with van der Waals surface area (Å²) >= 11 is 6.37. The quantitative estimate of drug-likeness (QED) is 0.0998. The van der Waals surface area contributed by atoms with Crippen molar-refractivity contribution in [2.75, 3.05) is 33.2 Å². The van der Waals surface area contributed by atoms with Crippen molar-refractivity contribution in [3.63, 3.8) is 0 Å². The summed E-state index contributed by atoms with van der Waals surface area (Å²) in [5.41, 5.74) is -2.54. The lowest BCUT2D eigenvalue weighted by Crippen LogP contribution is -2.46. The molecule has 0 aliphatic carbocycles. The van der Waals surface area contributed by atoms with Crippen LogP contribution in [0.5, 0.6) is 11.5 Å². The normalized spacial score (nSPS) is 25.9. The Morgan fingerprint density at radius 3 is 1.87 bits per heavy atom. The lowest BCUT2D eigenvalue weighted by atomic mass is 9.79. The van der Waals surface area contributed by atoms with Gasteiger partial charge in [-0.05, 0) is 104 Å². The SMILES string of the molecule is COc1ccc(C2(c3ccc(OC)cc3)OC[C@H]3O[C@@H](n4cc(C)c(=O)[nH]c4=O)C[C@@H]3O[P@@](=S)(OC[C@H]3O[C@@H](n4cc(C)c(=O)[nH]c4=O)C[C@@H]3O[Si](C)(C)C(C)(C)C)OC(C)(C)CS(=O)(=O)Cc3cccc2c3)cc1. The Kier molecular flexibility index (Phi) is 16.2. The van der Waals surface area contributed by atoms with Crippen molar-refractivity contribution < 1.29 is 50.1 Å². The van der Waals surface area contributed by atoms with Crippen LogP contribution in [0.1, 0.15) is 93.3 Å². The maximum Gasteiger partial charge on any atom is 0.330 e. The molecule has 5 heterocycles. The van der Waals surface area contributed by atoms with E-state index in [-0.39, 0.29) is 42.4 Å². The molecule has 2 N–H and O–H groups in total. The fourth-order valence-corrected chi connectivity index (χ4v) is 15.7. The molecule has 8 rings (SSSR count). The van der Waals surface area contributed by atoms with Gasteiger partial charge in [0.15, 0.2) is 18.2 Å². The number of benzene rings is 3. The van der Waals surface area contributed by atoms with Gasteiger partial charge in [0.05, 0.1) is 56.7 Å². The molecule has 23 heteroatoms. The summed E-state index contributed by atoms with van der Waals surface area (Å²) in [6, 6.07) is 21.9. The second kappa shape index (κ2) is 21.5. The molecule has 3 aromatic carbocycles. The standard InChI is InChI=1S/C52H67N4O15PS2Si/c1-32-26-55(48(59)53-46(32)57)44-24-40-42(67-44)28-65-52(35-15-19-38(63-8)20-16-35,36-17-21-39(64-9)22-18-36)37-14-12-13-34(23-37)30-74(61,62)31-51(6,7)71-72(73,69-40)66-29-43-41(70-75(10,11)50(3,4)5)25-45(68-43)56-27-33(2)47(58)54-49(56)60/h12-23,26-27,40-45H,24-25,28-31H2,1-11H3,(H,53,57,59)(H,54,58,60)/t40-,41-,42+,43+,44+,45+,72-/m0/s1. The summed E-state index contributed by atoms with van der Waals surface area (Å²) in [6.07, 6.45) is -2.53. The van der Waals surface area contributed by atoms with Crippen molar-refractivity contribution in [2.24, 2.45) is 0 Å². The molecule has 0 spiro atoms. The molecule has 3 aliphatic heterocycles. The Bertz CT molecular complexity index is 3250. The first-order valence-electron chi connectivity index (χ1n) is 24.6. The van der Waals surface area contributed by atoms with E-state index in [9.17, 15) is 27.6 Å². The van der Waals surface area contributed by atoms with Gasteiger partial charge >= 0.3 is 18.1 Å². The zero-order valence-electron chi connectivity index (χ0n) is 44.1. The number of H-pyrrole nitrogens is 2. The van der Waals surface area contributed by atoms with Crippen LogP contribution in [0.3, 0.4) is 0 Å². The number of rotatable bonds is 11. The molecular weight excluding hydrogens is 1040 g/mol. The van der Waals surface area contributed by atoms with Gasteiger partial charge in [0.2, 0.25) is 0 Å². The van der Waals surface area contributed by atoms with E-state index in [0.29, 0.717) is 39.3 Å². The number of aryl methyl sites for hydroxylation is 2. The van der Waals surface area contributed by atoms with Gasteiger partial charge in [0, 0.05) is 36.4 Å². The van der Waals surface area contributed by atoms with Gasteiger partial charge in [-0.25, -0.2) is 18.0 Å². The molecule has 0 radical (unpaired) electrons. The average Bonchev–Trinajstić information content (AvgIpc) is 3.92. The molecule has 3 aliphatic rings. The summed E-state index contributed by atoms with van der Waals surface area (Å²) in [4.78, 5) is 56.6. The van der Waals surface area contributed by atoms with Crippen molar-refractivity contribution in [1.29, 1.82) is 0 Å². The van der Waals surface area contributed by atoms with Gasteiger partial charge in [0.1, 0.15) is 41.8 Å². The fraction of sp³-hybridized carbons (Fsp3) is 0.500. The maximum absolute atomic E-state index is 14.5. The summed E-state index contributed by atoms with van der Waals surface area (Å²) in [7, 11) is -3.41. The van der Waals surface area contributed by atoms with Crippen LogP contribution < -0.4 is 32.0 Å². The summed E-state index contributed by atoms with van der Waals surface area (Å²) < 4.78 is 90.8. The lowest BCUT2D eigenvalue weighted by Gasteiger charge is -2.39. The Morgan fingerprint density at radius 1 is 0.787 bits per heavy atom. The highest BCUT2D eigenvalue weighted by molar-refractivity contribution is 8.07. The van der Waals surface area contributed by atoms with E-state index in [1.807, 2.05) is 36.4 Å². The maximum atomic E-state index is 14.5. The minimum atomic E-state index is -4.18. The van der Waals surface area contributed by atoms with Gasteiger partial charge in [-0.2, -0.15) is 0 Å². The largest absolute Gasteiger partial charge is 0.497 e. The number of hydrogen-bond donors (Lipinski definition) is 2. The number of methoxy groups -OCH3 is 2. The Labute approximate surface area is 442 Å². The molecule has 2 aromatic heterocycles. The predicted molar refractivity (Wildman–Crippen MR) is 287 cm³/mol. The van der Waals surface area contributed by atoms with Crippen LogP contribution in [-0.2, 0) is 65.2 Å². The molecule has 19 nitrogen and oxygen atoms in total. The number of ether oxygens (including phenoxy) is 5. The number of hydrogen-bond acceptors (Lipinski definition) is 16. The molecule has 2 fully saturated rings. The average molecular weight is 1110 g/mol. The summed E-state index contributed by atoms with van der Waals surface area (Å²) in [5, 5.41) is -0.235. The van der Waals surface area contributed by atoms with Gasteiger partial charge in [0.25, 0.3) is 11.1 Å². The Morgan fingerprint density at radius 2 is 1.33 bits per heavy atom. The first-order valence-corrected chi connectivity index (χ1v) is 31.9. The van der Waals surface area contributed by atoms with E-state index in [4.69, 9.17) is 53.5 Å². The van der Waals surface area contributed by atoms with Crippen LogP contribution in [0.25, 0.3) is 0 Å². The van der Waals surface area contributed by atoms with Crippen LogP contribution in [-0.4, -0.2) is 99.0 Å². The highest BCUT2D eigenvalue weighted by atomic mass is 32.5. The third-order valence-corrected chi connectivity index (χ3v) is 23.2. The van der Waals surface area contributed by atoms with Crippen LogP contribution in [0.15, 0.2) is 104 Å². The minimum Gasteiger partial charge on any atom is -0.497 e. The van der Waals surface area contributed by atoms with Gasteiger partial charge in [-0.3, -0.25) is 28.7 Å². The van der Waals surface area contributed by atoms with Crippen molar-refractivity contribution in [3.05, 3.63) is 160 Å². The topological polar surface area (TPSA) is 227 Å². The third-order valence-electron chi connectivity index (χ3n) is 14.3. The predicted octanol–water partition coefficient (Wildman–Crippen LogP) is 7.04. The molecule has 75 heavy (non-hydrogen) atoms. The van der Waals surface area contributed by atoms with Crippen LogP contribution in [0, 0.1) is 13.8 Å². The third kappa shape index (κ3) is 12.3. The molecule has 2 bridgehead atoms. The number of aromatic nitrogens is 4. The number of nitrogens with one attached hydrogen (secondary N) is 2.